The number of aromatic nitrogens is 2. The molecule has 23 heavy (non-hydrogen) atoms. The van der Waals surface area contributed by atoms with Crippen molar-refractivity contribution >= 4 is 11.7 Å². The molecule has 0 aliphatic carbocycles. The van der Waals surface area contributed by atoms with Crippen LogP contribution in [0.15, 0.2) is 22.9 Å². The standard InChI is InChI=1S/C17H22N4O2/c1-4-20(3)16-13-7-9-21(10-8-14(13)18-11-19-16)17(22)15-6-5-12(2)23-15/h5-6,11H,4,7-10H2,1-3H3. The SMILES string of the molecule is CCN(C)c1ncnc2c1CCN(C(=O)c1ccc(C)o1)CC2. The van der Waals surface area contributed by atoms with Gasteiger partial charge < -0.3 is 14.2 Å². The van der Waals surface area contributed by atoms with Gasteiger partial charge in [-0.3, -0.25) is 4.79 Å². The molecule has 0 atom stereocenters. The molecule has 2 aromatic rings. The summed E-state index contributed by atoms with van der Waals surface area (Å²) in [4.78, 5) is 25.4. The molecule has 0 N–H and O–H groups in total. The first kappa shape index (κ1) is 15.5. The van der Waals surface area contributed by atoms with Crippen molar-refractivity contribution in [3.63, 3.8) is 0 Å². The molecule has 0 fully saturated rings. The first-order chi connectivity index (χ1) is 11.1. The molecular formula is C17H22N4O2. The maximum Gasteiger partial charge on any atom is 0.289 e. The Labute approximate surface area is 136 Å². The number of aryl methyl sites for hydroxylation is 1. The average Bonchev–Trinajstić information content (AvgIpc) is 2.88. The summed E-state index contributed by atoms with van der Waals surface area (Å²) in [6.45, 7) is 6.14. The Morgan fingerprint density at radius 2 is 2.09 bits per heavy atom. The van der Waals surface area contributed by atoms with E-state index < -0.39 is 0 Å². The van der Waals surface area contributed by atoms with Gasteiger partial charge in [0.15, 0.2) is 5.76 Å². The van der Waals surface area contributed by atoms with Crippen LogP contribution in [-0.4, -0.2) is 47.5 Å². The molecular weight excluding hydrogens is 292 g/mol. The van der Waals surface area contributed by atoms with Gasteiger partial charge >= 0.3 is 0 Å². The first-order valence-corrected chi connectivity index (χ1v) is 7.99. The van der Waals surface area contributed by atoms with Crippen LogP contribution in [0.2, 0.25) is 0 Å². The van der Waals surface area contributed by atoms with Crippen molar-refractivity contribution < 1.29 is 9.21 Å². The number of furan rings is 1. The predicted molar refractivity (Wildman–Crippen MR) is 87.7 cm³/mol. The molecule has 6 heteroatoms. The van der Waals surface area contributed by atoms with Crippen LogP contribution in [0.5, 0.6) is 0 Å². The van der Waals surface area contributed by atoms with Gasteiger partial charge in [-0.05, 0) is 32.4 Å². The Morgan fingerprint density at radius 1 is 1.30 bits per heavy atom. The van der Waals surface area contributed by atoms with E-state index in [1.807, 2.05) is 24.9 Å². The van der Waals surface area contributed by atoms with E-state index in [4.69, 9.17) is 4.42 Å². The van der Waals surface area contributed by atoms with Crippen molar-refractivity contribution in [2.75, 3.05) is 31.6 Å². The fourth-order valence-corrected chi connectivity index (χ4v) is 2.90. The topological polar surface area (TPSA) is 62.5 Å². The molecule has 2 aromatic heterocycles. The molecule has 1 aliphatic rings. The van der Waals surface area contributed by atoms with Crippen molar-refractivity contribution in [1.82, 2.24) is 14.9 Å². The molecule has 0 aromatic carbocycles. The summed E-state index contributed by atoms with van der Waals surface area (Å²) < 4.78 is 5.47. The molecule has 122 valence electrons. The number of carbonyl (C=O) groups excluding carboxylic acids is 1. The van der Waals surface area contributed by atoms with E-state index in [-0.39, 0.29) is 5.91 Å². The molecule has 0 radical (unpaired) electrons. The second kappa shape index (κ2) is 6.40. The fourth-order valence-electron chi connectivity index (χ4n) is 2.90. The highest BCUT2D eigenvalue weighted by Gasteiger charge is 2.24. The molecule has 3 rings (SSSR count). The highest BCUT2D eigenvalue weighted by atomic mass is 16.3. The summed E-state index contributed by atoms with van der Waals surface area (Å²) in [5, 5.41) is 0. The van der Waals surface area contributed by atoms with Gasteiger partial charge in [0.25, 0.3) is 5.91 Å². The molecule has 1 aliphatic heterocycles. The lowest BCUT2D eigenvalue weighted by atomic mass is 10.1. The van der Waals surface area contributed by atoms with E-state index in [0.29, 0.717) is 18.8 Å². The van der Waals surface area contributed by atoms with Gasteiger partial charge in [-0.15, -0.1) is 0 Å². The maximum atomic E-state index is 12.6. The van der Waals surface area contributed by atoms with Gasteiger partial charge in [0, 0.05) is 38.7 Å². The Hall–Kier alpha value is -2.37. The molecule has 3 heterocycles. The van der Waals surface area contributed by atoms with Crippen molar-refractivity contribution in [2.24, 2.45) is 0 Å². The van der Waals surface area contributed by atoms with Gasteiger partial charge in [-0.1, -0.05) is 0 Å². The molecule has 6 nitrogen and oxygen atoms in total. The van der Waals surface area contributed by atoms with Crippen LogP contribution in [-0.2, 0) is 12.8 Å². The predicted octanol–water partition coefficient (Wildman–Crippen LogP) is 2.08. The van der Waals surface area contributed by atoms with Crippen molar-refractivity contribution in [1.29, 1.82) is 0 Å². The number of fused-ring (bicyclic) bond motifs is 1. The third-order valence-electron chi connectivity index (χ3n) is 4.34. The zero-order chi connectivity index (χ0) is 16.4. The number of nitrogens with zero attached hydrogens (tertiary/aromatic N) is 4. The molecule has 0 bridgehead atoms. The Bertz CT molecular complexity index is 710. The van der Waals surface area contributed by atoms with Crippen LogP contribution in [0.1, 0.15) is 34.5 Å². The molecule has 0 spiro atoms. The van der Waals surface area contributed by atoms with E-state index in [1.54, 1.807) is 12.4 Å². The lowest BCUT2D eigenvalue weighted by molar-refractivity contribution is 0.0729. The van der Waals surface area contributed by atoms with Crippen molar-refractivity contribution in [3.8, 4) is 0 Å². The van der Waals surface area contributed by atoms with Crippen LogP contribution in [0, 0.1) is 6.92 Å². The molecule has 0 unspecified atom stereocenters. The second-order valence-electron chi connectivity index (χ2n) is 5.84. The van der Waals surface area contributed by atoms with Crippen molar-refractivity contribution in [3.05, 3.63) is 41.2 Å². The Balaban J connectivity index is 1.81. The first-order valence-electron chi connectivity index (χ1n) is 7.99. The Kier molecular flexibility index (Phi) is 4.32. The molecule has 0 saturated carbocycles. The lowest BCUT2D eigenvalue weighted by Crippen LogP contribution is -2.33. The van der Waals surface area contributed by atoms with E-state index >= 15 is 0 Å². The van der Waals surface area contributed by atoms with Crippen LogP contribution in [0.4, 0.5) is 5.82 Å². The fraction of sp³-hybridized carbons (Fsp3) is 0.471. The van der Waals surface area contributed by atoms with Crippen LogP contribution < -0.4 is 4.90 Å². The van der Waals surface area contributed by atoms with E-state index in [1.165, 1.54) is 0 Å². The van der Waals surface area contributed by atoms with E-state index in [0.717, 1.165) is 42.2 Å². The number of hydrogen-bond donors (Lipinski definition) is 0. The number of hydrogen-bond acceptors (Lipinski definition) is 5. The normalized spacial score (nSPS) is 14.3. The minimum absolute atomic E-state index is 0.0516. The number of amides is 1. The minimum atomic E-state index is -0.0516. The van der Waals surface area contributed by atoms with E-state index in [2.05, 4.69) is 21.8 Å². The van der Waals surface area contributed by atoms with Crippen LogP contribution in [0.25, 0.3) is 0 Å². The van der Waals surface area contributed by atoms with Gasteiger partial charge in [0.05, 0.1) is 5.69 Å². The average molecular weight is 314 g/mol. The summed E-state index contributed by atoms with van der Waals surface area (Å²) in [7, 11) is 2.03. The second-order valence-corrected chi connectivity index (χ2v) is 5.84. The Morgan fingerprint density at radius 3 is 2.78 bits per heavy atom. The number of rotatable bonds is 3. The van der Waals surface area contributed by atoms with Crippen LogP contribution in [0.3, 0.4) is 0 Å². The third-order valence-corrected chi connectivity index (χ3v) is 4.34. The van der Waals surface area contributed by atoms with E-state index in [9.17, 15) is 4.79 Å². The zero-order valence-corrected chi connectivity index (χ0v) is 13.9. The summed E-state index contributed by atoms with van der Waals surface area (Å²) in [6, 6.07) is 3.56. The summed E-state index contributed by atoms with van der Waals surface area (Å²) in [5.74, 6) is 2.08. The summed E-state index contributed by atoms with van der Waals surface area (Å²) in [5.41, 5.74) is 2.20. The molecule has 1 amide bonds. The smallest absolute Gasteiger partial charge is 0.289 e. The minimum Gasteiger partial charge on any atom is -0.456 e. The number of carbonyl (C=O) groups is 1. The summed E-state index contributed by atoms with van der Waals surface area (Å²) in [6.07, 6.45) is 3.13. The maximum absolute atomic E-state index is 12.6. The monoisotopic (exact) mass is 314 g/mol. The van der Waals surface area contributed by atoms with Gasteiger partial charge in [-0.2, -0.15) is 0 Å². The zero-order valence-electron chi connectivity index (χ0n) is 13.9. The molecule has 0 saturated heterocycles. The summed E-state index contributed by atoms with van der Waals surface area (Å²) >= 11 is 0. The van der Waals surface area contributed by atoms with Gasteiger partial charge in [-0.25, -0.2) is 9.97 Å². The van der Waals surface area contributed by atoms with Crippen LogP contribution >= 0.6 is 0 Å². The van der Waals surface area contributed by atoms with Crippen molar-refractivity contribution in [2.45, 2.75) is 26.7 Å². The lowest BCUT2D eigenvalue weighted by Gasteiger charge is -2.20. The third kappa shape index (κ3) is 3.06. The highest BCUT2D eigenvalue weighted by molar-refractivity contribution is 5.91. The largest absolute Gasteiger partial charge is 0.456 e. The quantitative estimate of drug-likeness (QED) is 0.868. The highest BCUT2D eigenvalue weighted by Crippen LogP contribution is 2.23. The van der Waals surface area contributed by atoms with Gasteiger partial charge in [0.2, 0.25) is 0 Å². The number of anilines is 1. The van der Waals surface area contributed by atoms with Gasteiger partial charge in [0.1, 0.15) is 17.9 Å².